The maximum atomic E-state index is 13.9. The van der Waals surface area contributed by atoms with Crippen molar-refractivity contribution in [3.8, 4) is 0 Å². The number of ether oxygens (including phenoxy) is 8. The van der Waals surface area contributed by atoms with Gasteiger partial charge in [0.05, 0.1) is 43.5 Å². The lowest BCUT2D eigenvalue weighted by atomic mass is 9.32. The number of rotatable bonds is 14. The van der Waals surface area contributed by atoms with Gasteiger partial charge in [0.25, 0.3) is 0 Å². The van der Waals surface area contributed by atoms with Crippen LogP contribution in [0.2, 0.25) is 0 Å². The van der Waals surface area contributed by atoms with Gasteiger partial charge in [0.15, 0.2) is 31.1 Å². The minimum absolute atomic E-state index is 0.153. The van der Waals surface area contributed by atoms with E-state index in [9.17, 15) is 75.7 Å². The SMILES string of the molecule is C/C=C(/C)C(=O)O[C@H]1[C@H](OC(=O)/C(C)=C\C)[C@]2(CO)[C@H](O)[C@H](O)[C@]3(C)C(=CC[C@@H]4[C@@]5(C)CC[C@H](O[C@@H]6O[C@H](C(=O)O)[C@@H](O)[C@H](O[C@@H]7O[C@@H](CO)[C@@H](O)[C@H]7O)[C@H]6O[C@@H]6O[C@H](CO)[C@@H](O)[C@H](O)[C@H]6O)C(C)(C)[C@@H]5CC[C@]43C)[C@@H]2CC1(C)C. The molecule has 3 aliphatic heterocycles. The predicted molar refractivity (Wildman–Crippen MR) is 277 cm³/mol. The first-order chi connectivity index (χ1) is 37.3. The Morgan fingerprint density at radius 2 is 1.18 bits per heavy atom. The van der Waals surface area contributed by atoms with Crippen molar-refractivity contribution in [1.82, 2.24) is 0 Å². The van der Waals surface area contributed by atoms with Crippen LogP contribution in [-0.4, -0.2) is 216 Å². The van der Waals surface area contributed by atoms with Crippen LogP contribution in [0.5, 0.6) is 0 Å². The summed E-state index contributed by atoms with van der Waals surface area (Å²) in [5.41, 5.74) is -4.40. The Hall–Kier alpha value is -3.05. The molecule has 23 nitrogen and oxygen atoms in total. The lowest BCUT2D eigenvalue weighted by molar-refractivity contribution is -0.386. The summed E-state index contributed by atoms with van der Waals surface area (Å²) in [7, 11) is 0. The van der Waals surface area contributed by atoms with Gasteiger partial charge in [-0.1, -0.05) is 72.3 Å². The van der Waals surface area contributed by atoms with Gasteiger partial charge in [-0.3, -0.25) is 0 Å². The lowest BCUT2D eigenvalue weighted by Gasteiger charge is -2.73. The topological polar surface area (TPSA) is 368 Å². The molecule has 23 heteroatoms. The van der Waals surface area contributed by atoms with E-state index in [4.69, 9.17) is 37.9 Å². The van der Waals surface area contributed by atoms with Crippen LogP contribution in [0.4, 0.5) is 0 Å². The largest absolute Gasteiger partial charge is 0.479 e. The van der Waals surface area contributed by atoms with E-state index in [1.54, 1.807) is 39.8 Å². The van der Waals surface area contributed by atoms with Crippen LogP contribution in [0.1, 0.15) is 115 Å². The van der Waals surface area contributed by atoms with E-state index >= 15 is 0 Å². The molecule has 0 aromatic heterocycles. The van der Waals surface area contributed by atoms with Gasteiger partial charge in [0.1, 0.15) is 67.1 Å². The fourth-order valence-corrected chi connectivity index (χ4v) is 16.2. The number of carbonyl (C=O) groups is 3. The minimum Gasteiger partial charge on any atom is -0.479 e. The summed E-state index contributed by atoms with van der Waals surface area (Å²) in [5.74, 6) is -4.01. The van der Waals surface area contributed by atoms with Gasteiger partial charge in [0.2, 0.25) is 0 Å². The number of carbonyl (C=O) groups excluding carboxylic acids is 2. The summed E-state index contributed by atoms with van der Waals surface area (Å²) in [4.78, 5) is 40.3. The van der Waals surface area contributed by atoms with Crippen LogP contribution < -0.4 is 0 Å². The molecule has 7 fully saturated rings. The molecule has 4 saturated carbocycles. The molecule has 12 N–H and O–H groups in total. The highest BCUT2D eigenvalue weighted by Crippen LogP contribution is 2.76. The molecule has 5 aliphatic carbocycles. The van der Waals surface area contributed by atoms with Crippen LogP contribution in [0.15, 0.2) is 34.9 Å². The zero-order valence-electron chi connectivity index (χ0n) is 47.7. The molecule has 3 saturated heterocycles. The molecule has 80 heavy (non-hydrogen) atoms. The molecule has 0 bridgehead atoms. The maximum absolute atomic E-state index is 13.9. The molecule has 454 valence electrons. The van der Waals surface area contributed by atoms with Crippen molar-refractivity contribution in [3.63, 3.8) is 0 Å². The van der Waals surface area contributed by atoms with Gasteiger partial charge >= 0.3 is 17.9 Å². The van der Waals surface area contributed by atoms with E-state index in [2.05, 4.69) is 19.9 Å². The van der Waals surface area contributed by atoms with E-state index in [1.807, 2.05) is 34.6 Å². The molecule has 0 aromatic rings. The van der Waals surface area contributed by atoms with E-state index in [-0.39, 0.29) is 23.8 Å². The number of aliphatic hydroxyl groups excluding tert-OH is 11. The molecule has 26 atom stereocenters. The second-order valence-corrected chi connectivity index (χ2v) is 26.0. The third-order valence-electron chi connectivity index (χ3n) is 21.4. The molecular formula is C57H88O23. The number of aliphatic carboxylic acids is 1. The fourth-order valence-electron chi connectivity index (χ4n) is 16.2. The smallest absolute Gasteiger partial charge is 0.335 e. The van der Waals surface area contributed by atoms with Crippen LogP contribution in [-0.2, 0) is 52.3 Å². The second kappa shape index (κ2) is 22.7. The maximum Gasteiger partial charge on any atom is 0.335 e. The van der Waals surface area contributed by atoms with Crippen LogP contribution in [0.3, 0.4) is 0 Å². The molecule has 0 amide bonds. The molecule has 0 radical (unpaired) electrons. The lowest BCUT2D eigenvalue weighted by Crippen LogP contribution is -2.76. The molecular weight excluding hydrogens is 1050 g/mol. The Morgan fingerprint density at radius 1 is 0.637 bits per heavy atom. The third-order valence-corrected chi connectivity index (χ3v) is 21.4. The molecule has 8 rings (SSSR count). The van der Waals surface area contributed by atoms with Gasteiger partial charge in [0, 0.05) is 22.0 Å². The molecule has 0 spiro atoms. The number of aliphatic hydroxyl groups is 11. The summed E-state index contributed by atoms with van der Waals surface area (Å²) in [6.45, 7) is 18.4. The van der Waals surface area contributed by atoms with Gasteiger partial charge in [-0.15, -0.1) is 0 Å². The Labute approximate surface area is 466 Å². The first-order valence-corrected chi connectivity index (χ1v) is 28.1. The average molecular weight is 1140 g/mol. The monoisotopic (exact) mass is 1140 g/mol. The standard InChI is InChI=1S/C57H88O23/c1-12-24(3)47(71)79-44-45(80-48(72)25(4)13-2)57(23-60)27(20-52(44,5)6)26-14-15-31-54(9)18-17-32(53(7,8)30(54)16-19-55(31,10)56(26,11)42(67)43(57)68)75-51-41(78-50-37(65)35(63)33(61)28(21-58)73-50)39(38(66)40(77-51)46(69)70)76-49-36(64)34(62)29(22-59)74-49/h12-14,27-45,49-51,58-68H,15-23H2,1-11H3,(H,69,70)/b24-12-,25-13-/t27-,28+,29-,30-,31+,32-,33+,34+,35-,36+,37+,38-,39-,40-,41+,42-,43+,44-,45-,49-,50-,51+,54-,55+,56-,57-/m0/s1. The number of carboxylic acids is 1. The summed E-state index contributed by atoms with van der Waals surface area (Å²) in [6, 6.07) is 0. The van der Waals surface area contributed by atoms with Crippen molar-refractivity contribution >= 4 is 17.9 Å². The van der Waals surface area contributed by atoms with E-state index in [1.165, 1.54) is 0 Å². The highest BCUT2D eigenvalue weighted by Gasteiger charge is 2.76. The Morgan fingerprint density at radius 3 is 1.71 bits per heavy atom. The van der Waals surface area contributed by atoms with Gasteiger partial charge < -0.3 is 99.2 Å². The van der Waals surface area contributed by atoms with Crippen molar-refractivity contribution in [2.75, 3.05) is 19.8 Å². The molecule has 3 heterocycles. The molecule has 8 aliphatic rings. The zero-order valence-corrected chi connectivity index (χ0v) is 47.7. The van der Waals surface area contributed by atoms with Crippen LogP contribution >= 0.6 is 0 Å². The number of hydrogen-bond acceptors (Lipinski definition) is 22. The Kier molecular flexibility index (Phi) is 17.9. The normalized spacial score (nSPS) is 49.0. The Balaban J connectivity index is 1.14. The van der Waals surface area contributed by atoms with Crippen LogP contribution in [0.25, 0.3) is 0 Å². The number of fused-ring (bicyclic) bond motifs is 7. The first-order valence-electron chi connectivity index (χ1n) is 28.1. The van der Waals surface area contributed by atoms with Crippen molar-refractivity contribution < 1.29 is 114 Å². The Bertz CT molecular complexity index is 2390. The summed E-state index contributed by atoms with van der Waals surface area (Å²) >= 11 is 0. The van der Waals surface area contributed by atoms with Crippen molar-refractivity contribution in [2.45, 2.75) is 231 Å². The number of carboxylic acid groups (broad SMARTS) is 1. The number of allylic oxidation sites excluding steroid dienone is 3. The van der Waals surface area contributed by atoms with E-state index in [0.717, 1.165) is 5.57 Å². The highest BCUT2D eigenvalue weighted by atomic mass is 16.8. The third kappa shape index (κ3) is 9.76. The summed E-state index contributed by atoms with van der Waals surface area (Å²) in [5, 5.41) is 134. The average Bonchev–Trinajstić information content (AvgIpc) is 3.81. The van der Waals surface area contributed by atoms with E-state index < -0.39 is 193 Å². The number of hydrogen-bond donors (Lipinski definition) is 12. The van der Waals surface area contributed by atoms with Crippen LogP contribution in [0, 0.1) is 50.2 Å². The predicted octanol–water partition coefficient (Wildman–Crippen LogP) is 0.263. The highest BCUT2D eigenvalue weighted by molar-refractivity contribution is 5.89. The summed E-state index contributed by atoms with van der Waals surface area (Å²) in [6.07, 6.45) is -24.0. The van der Waals surface area contributed by atoms with Crippen molar-refractivity contribution in [2.24, 2.45) is 50.2 Å². The molecule has 0 unspecified atom stereocenters. The first kappa shape index (κ1) is 63.0. The van der Waals surface area contributed by atoms with Gasteiger partial charge in [-0.2, -0.15) is 0 Å². The van der Waals surface area contributed by atoms with Crippen molar-refractivity contribution in [1.29, 1.82) is 0 Å². The van der Waals surface area contributed by atoms with Gasteiger partial charge in [-0.25, -0.2) is 14.4 Å². The van der Waals surface area contributed by atoms with E-state index in [0.29, 0.717) is 37.7 Å². The zero-order chi connectivity index (χ0) is 59.3. The quantitative estimate of drug-likeness (QED) is 0.0480. The number of esters is 2. The minimum atomic E-state index is -2.13. The molecule has 0 aromatic carbocycles. The fraction of sp³-hybridized carbons (Fsp3) is 0.842. The summed E-state index contributed by atoms with van der Waals surface area (Å²) < 4.78 is 49.0. The van der Waals surface area contributed by atoms with Crippen molar-refractivity contribution in [3.05, 3.63) is 34.9 Å². The second-order valence-electron chi connectivity index (χ2n) is 26.0. The van der Waals surface area contributed by atoms with Gasteiger partial charge in [-0.05, 0) is 100 Å².